The lowest BCUT2D eigenvalue weighted by molar-refractivity contribution is -0.123. The molecule has 3 amide bonds. The number of para-hydroxylation sites is 1. The van der Waals surface area contributed by atoms with Crippen LogP contribution in [0.4, 0.5) is 4.79 Å². The first-order chi connectivity index (χ1) is 16.8. The summed E-state index contributed by atoms with van der Waals surface area (Å²) in [6.07, 6.45) is 1.38. The van der Waals surface area contributed by atoms with E-state index in [1.165, 1.54) is 49.6 Å². The van der Waals surface area contributed by atoms with Crippen LogP contribution in [0.3, 0.4) is 0 Å². The minimum atomic E-state index is -0.722. The molecule has 2 heterocycles. The van der Waals surface area contributed by atoms with Crippen molar-refractivity contribution in [2.45, 2.75) is 6.54 Å². The van der Waals surface area contributed by atoms with Gasteiger partial charge in [0.05, 0.1) is 24.2 Å². The molecule has 0 atom stereocenters. The molecule has 3 aromatic rings. The number of furan rings is 1. The molecule has 35 heavy (non-hydrogen) atoms. The van der Waals surface area contributed by atoms with Gasteiger partial charge in [0.15, 0.2) is 0 Å². The molecule has 0 aliphatic carbocycles. The monoisotopic (exact) mass is 514 g/mol. The van der Waals surface area contributed by atoms with Gasteiger partial charge in [-0.25, -0.2) is 14.4 Å². The van der Waals surface area contributed by atoms with Crippen molar-refractivity contribution in [3.8, 4) is 5.75 Å². The average Bonchev–Trinajstić information content (AvgIpc) is 3.40. The molecule has 4 rings (SSSR count). The van der Waals surface area contributed by atoms with E-state index in [9.17, 15) is 19.2 Å². The van der Waals surface area contributed by atoms with E-state index in [0.29, 0.717) is 10.6 Å². The first kappa shape index (κ1) is 24.1. The quantitative estimate of drug-likeness (QED) is 0.219. The smallest absolute Gasteiger partial charge is 0.373 e. The lowest BCUT2D eigenvalue weighted by atomic mass is 10.1. The highest BCUT2D eigenvalue weighted by Crippen LogP contribution is 2.27. The number of ether oxygens (including phenoxy) is 2. The molecular weight excluding hydrogens is 499 g/mol. The maximum atomic E-state index is 12.9. The number of rotatable bonds is 6. The Balaban J connectivity index is 1.53. The maximum Gasteiger partial charge on any atom is 0.373 e. The van der Waals surface area contributed by atoms with E-state index in [-0.39, 0.29) is 40.1 Å². The summed E-state index contributed by atoms with van der Waals surface area (Å²) in [5.74, 6) is -1.73. The van der Waals surface area contributed by atoms with Gasteiger partial charge in [0.1, 0.15) is 17.2 Å². The lowest BCUT2D eigenvalue weighted by Crippen LogP contribution is -2.30. The van der Waals surface area contributed by atoms with Crippen molar-refractivity contribution in [3.05, 3.63) is 93.0 Å². The van der Waals surface area contributed by atoms with E-state index < -0.39 is 23.9 Å². The Labute approximate surface area is 208 Å². The van der Waals surface area contributed by atoms with Crippen LogP contribution in [0.15, 0.2) is 64.7 Å². The molecule has 1 aromatic heterocycles. The summed E-state index contributed by atoms with van der Waals surface area (Å²) in [6.45, 7) is -0.204. The number of nitrogens with zero attached hydrogens (tertiary/aromatic N) is 1. The average molecular weight is 515 g/mol. The summed E-state index contributed by atoms with van der Waals surface area (Å²) in [5, 5.41) is 2.97. The van der Waals surface area contributed by atoms with Crippen molar-refractivity contribution in [2.24, 2.45) is 0 Å². The third kappa shape index (κ3) is 5.21. The number of halogens is 2. The lowest BCUT2D eigenvalue weighted by Gasteiger charge is -2.10. The molecule has 178 valence electrons. The molecule has 0 saturated carbocycles. The zero-order valence-corrected chi connectivity index (χ0v) is 19.6. The fourth-order valence-corrected chi connectivity index (χ4v) is 3.69. The van der Waals surface area contributed by atoms with E-state index in [4.69, 9.17) is 32.4 Å². The summed E-state index contributed by atoms with van der Waals surface area (Å²) < 4.78 is 15.4. The molecule has 0 spiro atoms. The van der Waals surface area contributed by atoms with Gasteiger partial charge in [-0.2, -0.15) is 0 Å². The molecule has 0 radical (unpaired) electrons. The first-order valence-electron chi connectivity index (χ1n) is 10.0. The Kier molecular flexibility index (Phi) is 6.90. The van der Waals surface area contributed by atoms with Crippen LogP contribution >= 0.6 is 23.2 Å². The number of benzene rings is 2. The van der Waals surface area contributed by atoms with Crippen molar-refractivity contribution in [1.29, 1.82) is 0 Å². The second kappa shape index (κ2) is 10.0. The third-order valence-corrected chi connectivity index (χ3v) is 5.44. The highest BCUT2D eigenvalue weighted by Gasteiger charge is 2.34. The molecule has 0 bridgehead atoms. The fraction of sp³-hybridized carbons (Fsp3) is 0.0833. The molecule has 1 N–H and O–H groups in total. The molecule has 9 nitrogen and oxygen atoms in total. The summed E-state index contributed by atoms with van der Waals surface area (Å²) in [7, 11) is 1.21. The van der Waals surface area contributed by atoms with Crippen molar-refractivity contribution in [1.82, 2.24) is 10.2 Å². The van der Waals surface area contributed by atoms with Gasteiger partial charge in [0, 0.05) is 10.6 Å². The van der Waals surface area contributed by atoms with Crippen molar-refractivity contribution < 1.29 is 33.1 Å². The van der Waals surface area contributed by atoms with Gasteiger partial charge in [-0.05, 0) is 42.5 Å². The number of esters is 2. The Morgan fingerprint density at radius 2 is 1.83 bits per heavy atom. The molecule has 1 fully saturated rings. The van der Waals surface area contributed by atoms with Crippen molar-refractivity contribution in [2.75, 3.05) is 7.11 Å². The van der Waals surface area contributed by atoms with Gasteiger partial charge in [-0.1, -0.05) is 41.4 Å². The number of carbonyl (C=O) groups excluding carboxylic acids is 4. The van der Waals surface area contributed by atoms with Gasteiger partial charge in [-0.15, -0.1) is 0 Å². The highest BCUT2D eigenvalue weighted by atomic mass is 35.5. The number of hydrogen-bond donors (Lipinski definition) is 1. The molecule has 2 aromatic carbocycles. The van der Waals surface area contributed by atoms with Gasteiger partial charge < -0.3 is 19.2 Å². The normalized spacial score (nSPS) is 14.3. The summed E-state index contributed by atoms with van der Waals surface area (Å²) >= 11 is 12.0. The zero-order chi connectivity index (χ0) is 25.1. The number of imide groups is 1. The van der Waals surface area contributed by atoms with Crippen molar-refractivity contribution >= 4 is 53.2 Å². The maximum absolute atomic E-state index is 12.9. The topological polar surface area (TPSA) is 115 Å². The van der Waals surface area contributed by atoms with Crippen LogP contribution in [-0.4, -0.2) is 35.9 Å². The van der Waals surface area contributed by atoms with E-state index in [2.05, 4.69) is 10.1 Å². The second-order valence-corrected chi connectivity index (χ2v) is 8.03. The minimum Gasteiger partial charge on any atom is -0.463 e. The van der Waals surface area contributed by atoms with Crippen molar-refractivity contribution in [3.63, 3.8) is 0 Å². The van der Waals surface area contributed by atoms with Crippen LogP contribution in [0.1, 0.15) is 32.2 Å². The van der Waals surface area contributed by atoms with Crippen LogP contribution in [0, 0.1) is 0 Å². The van der Waals surface area contributed by atoms with E-state index in [1.807, 2.05) is 0 Å². The summed E-state index contributed by atoms with van der Waals surface area (Å²) in [4.78, 5) is 50.3. The molecule has 1 aliphatic rings. The highest BCUT2D eigenvalue weighted by molar-refractivity contribution is 6.36. The Bertz CT molecular complexity index is 1380. The SMILES string of the molecule is COC(=O)c1ccc(CN2C(=O)N/C(=C/c3ccccc3OC(=O)c3ccc(Cl)cc3Cl)C2=O)o1. The number of methoxy groups -OCH3 is 1. The van der Waals surface area contributed by atoms with Crippen LogP contribution in [0.5, 0.6) is 5.75 Å². The molecule has 1 saturated heterocycles. The van der Waals surface area contributed by atoms with Crippen LogP contribution in [0.25, 0.3) is 6.08 Å². The Morgan fingerprint density at radius 1 is 1.06 bits per heavy atom. The van der Waals surface area contributed by atoms with Crippen LogP contribution in [-0.2, 0) is 16.1 Å². The second-order valence-electron chi connectivity index (χ2n) is 7.19. The molecule has 0 unspecified atom stereocenters. The Hall–Kier alpha value is -4.08. The van der Waals surface area contributed by atoms with Gasteiger partial charge in [0.2, 0.25) is 5.76 Å². The zero-order valence-electron chi connectivity index (χ0n) is 18.0. The largest absolute Gasteiger partial charge is 0.463 e. The van der Waals surface area contributed by atoms with Gasteiger partial charge >= 0.3 is 18.0 Å². The minimum absolute atomic E-state index is 0.0391. The molecule has 1 aliphatic heterocycles. The van der Waals surface area contributed by atoms with Crippen LogP contribution in [0.2, 0.25) is 10.0 Å². The standard InChI is InChI=1S/C24H16Cl2N2O7/c1-33-23(31)20-9-7-15(34-20)12-28-21(29)18(27-24(28)32)10-13-4-2-3-5-19(13)35-22(30)16-8-6-14(25)11-17(16)26/h2-11H,12H2,1H3,(H,27,32)/b18-10+. The predicted octanol–water partition coefficient (Wildman–Crippen LogP) is 4.69. The predicted molar refractivity (Wildman–Crippen MR) is 125 cm³/mol. The first-order valence-corrected chi connectivity index (χ1v) is 10.8. The molecule has 11 heteroatoms. The fourth-order valence-electron chi connectivity index (χ4n) is 3.20. The summed E-state index contributed by atoms with van der Waals surface area (Å²) in [6, 6.07) is 13.0. The summed E-state index contributed by atoms with van der Waals surface area (Å²) in [5.41, 5.74) is 0.435. The number of nitrogens with one attached hydrogen (secondary N) is 1. The van der Waals surface area contributed by atoms with E-state index >= 15 is 0 Å². The Morgan fingerprint density at radius 3 is 2.57 bits per heavy atom. The number of urea groups is 1. The number of hydrogen-bond acceptors (Lipinski definition) is 7. The van der Waals surface area contributed by atoms with E-state index in [1.54, 1.807) is 18.2 Å². The van der Waals surface area contributed by atoms with Gasteiger partial charge in [-0.3, -0.25) is 9.69 Å². The van der Waals surface area contributed by atoms with E-state index in [0.717, 1.165) is 4.90 Å². The number of carbonyl (C=O) groups is 4. The molecular formula is C24H16Cl2N2O7. The number of amides is 3. The van der Waals surface area contributed by atoms with Crippen LogP contribution < -0.4 is 10.1 Å². The van der Waals surface area contributed by atoms with Gasteiger partial charge in [0.25, 0.3) is 5.91 Å². The third-order valence-electron chi connectivity index (χ3n) is 4.90.